The van der Waals surface area contributed by atoms with Gasteiger partial charge in [-0.3, -0.25) is 9.36 Å². The number of aliphatic hydroxyl groups is 1. The monoisotopic (exact) mass is 1160 g/mol. The molecule has 0 rings (SSSR count). The summed E-state index contributed by atoms with van der Waals surface area (Å²) in [4.78, 5) is 25.6. The van der Waals surface area contributed by atoms with E-state index >= 15 is 0 Å². The van der Waals surface area contributed by atoms with Crippen molar-refractivity contribution in [3.05, 3.63) is 97.2 Å². The first-order valence-electron chi connectivity index (χ1n) is 34.6. The smallest absolute Gasteiger partial charge is 0.268 e. The number of unbranched alkanes of at least 4 members (excludes halogenated alkanes) is 36. The number of phosphoric ester groups is 1. The number of hydrogen-bond acceptors (Lipinski definition) is 6. The van der Waals surface area contributed by atoms with Crippen LogP contribution in [0.25, 0.3) is 0 Å². The van der Waals surface area contributed by atoms with Crippen LogP contribution in [0.1, 0.15) is 309 Å². The van der Waals surface area contributed by atoms with Crippen molar-refractivity contribution in [1.82, 2.24) is 5.32 Å². The van der Waals surface area contributed by atoms with Crippen molar-refractivity contribution in [3.8, 4) is 0 Å². The molecule has 0 saturated carbocycles. The summed E-state index contributed by atoms with van der Waals surface area (Å²) in [5.74, 6) is -0.209. The number of rotatable bonds is 63. The maximum Gasteiger partial charge on any atom is 0.268 e. The van der Waals surface area contributed by atoms with E-state index in [1.54, 1.807) is 6.08 Å². The summed E-state index contributed by atoms with van der Waals surface area (Å²) < 4.78 is 23.4. The van der Waals surface area contributed by atoms with Crippen molar-refractivity contribution in [2.45, 2.75) is 321 Å². The van der Waals surface area contributed by atoms with Gasteiger partial charge in [-0.1, -0.05) is 310 Å². The van der Waals surface area contributed by atoms with Gasteiger partial charge in [0.25, 0.3) is 7.82 Å². The van der Waals surface area contributed by atoms with Crippen molar-refractivity contribution in [1.29, 1.82) is 0 Å². The second kappa shape index (κ2) is 62.9. The molecular formula is C73H133N2O6P. The van der Waals surface area contributed by atoms with Crippen molar-refractivity contribution >= 4 is 13.7 Å². The minimum atomic E-state index is -4.62. The highest BCUT2D eigenvalue weighted by atomic mass is 31.2. The highest BCUT2D eigenvalue weighted by Gasteiger charge is 2.23. The number of likely N-dealkylation sites (N-methyl/N-ethyl adjacent to an activating group) is 1. The van der Waals surface area contributed by atoms with Gasteiger partial charge in [0.1, 0.15) is 13.2 Å². The number of aliphatic hydroxyl groups excluding tert-OH is 1. The van der Waals surface area contributed by atoms with Gasteiger partial charge in [0, 0.05) is 6.42 Å². The minimum Gasteiger partial charge on any atom is -0.756 e. The van der Waals surface area contributed by atoms with Crippen molar-refractivity contribution < 1.29 is 32.9 Å². The SMILES string of the molecule is CC/C=C\C/C=C\C/C=C\C/C=C\C/C=C\CCCCCCCCCCCCCCCCCCCCCC(=O)NC(COP(=O)([O-])OCC[N+](C)(C)C)C(O)/C=C/CC/C=C/CC/C=C/CCCCCCCCCCCCCCCCC. The molecule has 0 aromatic carbocycles. The summed E-state index contributed by atoms with van der Waals surface area (Å²) in [7, 11) is 1.24. The Morgan fingerprint density at radius 2 is 0.756 bits per heavy atom. The van der Waals surface area contributed by atoms with E-state index in [0.717, 1.165) is 77.0 Å². The van der Waals surface area contributed by atoms with Gasteiger partial charge >= 0.3 is 0 Å². The standard InChI is InChI=1S/C73H133N2O6P/c1-6-8-10-12-14-16-18-20-22-24-26-28-30-32-33-34-35-36-37-38-39-40-41-43-45-47-49-51-53-55-57-59-61-63-65-67-73(77)74-71(70-81-82(78,79)80-69-68-75(3,4)5)72(76)66-64-62-60-58-56-54-52-50-48-46-44-42-31-29-27-25-23-21-19-17-15-13-11-9-7-2/h8,10,14,16,20,22,26,28,32-33,48,50,56,58,64,66,71-72,76H,6-7,9,11-13,15,17-19,21,23-25,27,29-31,34-47,49,51-55,57,59-63,65,67-70H2,1-5H3,(H-,74,77,78,79)/b10-8-,16-14-,22-20-,28-26-,33-32-,50-48+,58-56+,66-64+. The van der Waals surface area contributed by atoms with Gasteiger partial charge in [0.15, 0.2) is 0 Å². The maximum absolute atomic E-state index is 13.0. The van der Waals surface area contributed by atoms with Gasteiger partial charge in [-0.05, 0) is 89.9 Å². The zero-order valence-electron chi connectivity index (χ0n) is 54.4. The zero-order chi connectivity index (χ0) is 59.8. The highest BCUT2D eigenvalue weighted by molar-refractivity contribution is 7.45. The van der Waals surface area contributed by atoms with Gasteiger partial charge in [-0.2, -0.15) is 0 Å². The molecule has 3 atom stereocenters. The Hall–Kier alpha value is -2.58. The molecule has 2 N–H and O–H groups in total. The lowest BCUT2D eigenvalue weighted by molar-refractivity contribution is -0.870. The Bertz CT molecular complexity index is 1660. The Morgan fingerprint density at radius 1 is 0.439 bits per heavy atom. The molecule has 82 heavy (non-hydrogen) atoms. The molecule has 3 unspecified atom stereocenters. The van der Waals surface area contributed by atoms with E-state index in [4.69, 9.17) is 9.05 Å². The fourth-order valence-corrected chi connectivity index (χ4v) is 10.6. The Labute approximate surface area is 509 Å². The summed E-state index contributed by atoms with van der Waals surface area (Å²) >= 11 is 0. The molecule has 0 fully saturated rings. The van der Waals surface area contributed by atoms with Gasteiger partial charge in [0.05, 0.1) is 39.9 Å². The second-order valence-corrected chi connectivity index (χ2v) is 25.9. The summed E-state index contributed by atoms with van der Waals surface area (Å²) in [6.45, 7) is 4.54. The number of quaternary nitrogens is 1. The molecule has 9 heteroatoms. The van der Waals surface area contributed by atoms with Crippen LogP contribution in [0.15, 0.2) is 97.2 Å². The van der Waals surface area contributed by atoms with E-state index in [9.17, 15) is 19.4 Å². The van der Waals surface area contributed by atoms with E-state index in [1.807, 2.05) is 27.2 Å². The number of nitrogens with zero attached hydrogens (tertiary/aromatic N) is 1. The van der Waals surface area contributed by atoms with Gasteiger partial charge in [-0.15, -0.1) is 0 Å². The number of nitrogens with one attached hydrogen (secondary N) is 1. The lowest BCUT2D eigenvalue weighted by atomic mass is 10.0. The molecule has 0 aliphatic carbocycles. The van der Waals surface area contributed by atoms with E-state index in [0.29, 0.717) is 17.4 Å². The van der Waals surface area contributed by atoms with Crippen LogP contribution in [0.3, 0.4) is 0 Å². The molecule has 0 aliphatic heterocycles. The molecule has 8 nitrogen and oxygen atoms in total. The third-order valence-corrected chi connectivity index (χ3v) is 16.2. The first-order chi connectivity index (χ1) is 40.0. The Kier molecular flexibility index (Phi) is 61.0. The minimum absolute atomic E-state index is 0.0110. The quantitative estimate of drug-likeness (QED) is 0.0272. The van der Waals surface area contributed by atoms with E-state index in [1.165, 1.54) is 212 Å². The topological polar surface area (TPSA) is 108 Å². The third-order valence-electron chi connectivity index (χ3n) is 15.3. The molecule has 0 aromatic heterocycles. The van der Waals surface area contributed by atoms with Gasteiger partial charge in [-0.25, -0.2) is 0 Å². The average Bonchev–Trinajstić information content (AvgIpc) is 3.45. The molecule has 476 valence electrons. The van der Waals surface area contributed by atoms with Crippen LogP contribution < -0.4 is 10.2 Å². The number of amides is 1. The van der Waals surface area contributed by atoms with Crippen LogP contribution in [0.2, 0.25) is 0 Å². The van der Waals surface area contributed by atoms with E-state index in [2.05, 4.69) is 104 Å². The van der Waals surface area contributed by atoms with Gasteiger partial charge in [0.2, 0.25) is 5.91 Å². The van der Waals surface area contributed by atoms with Crippen LogP contribution >= 0.6 is 7.82 Å². The number of phosphoric acid groups is 1. The maximum atomic E-state index is 13.0. The molecule has 1 amide bonds. The van der Waals surface area contributed by atoms with Crippen LogP contribution in [0, 0.1) is 0 Å². The predicted molar refractivity (Wildman–Crippen MR) is 357 cm³/mol. The van der Waals surface area contributed by atoms with Gasteiger partial charge < -0.3 is 28.8 Å². The van der Waals surface area contributed by atoms with Crippen molar-refractivity contribution in [2.75, 3.05) is 40.9 Å². The second-order valence-electron chi connectivity index (χ2n) is 24.5. The van der Waals surface area contributed by atoms with Crippen LogP contribution in [0.4, 0.5) is 0 Å². The van der Waals surface area contributed by atoms with Crippen molar-refractivity contribution in [2.24, 2.45) is 0 Å². The molecule has 0 bridgehead atoms. The fraction of sp³-hybridized carbons (Fsp3) is 0.767. The van der Waals surface area contributed by atoms with Crippen LogP contribution in [0.5, 0.6) is 0 Å². The van der Waals surface area contributed by atoms with E-state index < -0.39 is 26.6 Å². The number of carbonyl (C=O) groups is 1. The lowest BCUT2D eigenvalue weighted by Crippen LogP contribution is -2.45. The average molecular weight is 1170 g/mol. The molecular weight excluding hydrogens is 1030 g/mol. The zero-order valence-corrected chi connectivity index (χ0v) is 55.3. The van der Waals surface area contributed by atoms with Crippen LogP contribution in [-0.2, 0) is 18.4 Å². The molecule has 0 spiro atoms. The molecule has 0 saturated heterocycles. The molecule has 0 aromatic rings. The van der Waals surface area contributed by atoms with Crippen molar-refractivity contribution in [3.63, 3.8) is 0 Å². The number of carbonyl (C=O) groups excluding carboxylic acids is 1. The first kappa shape index (κ1) is 79.4. The molecule has 0 radical (unpaired) electrons. The lowest BCUT2D eigenvalue weighted by Gasteiger charge is -2.29. The summed E-state index contributed by atoms with van der Waals surface area (Å²) in [6, 6.07) is -0.915. The largest absolute Gasteiger partial charge is 0.756 e. The molecule has 0 heterocycles. The first-order valence-corrected chi connectivity index (χ1v) is 36.1. The van der Waals surface area contributed by atoms with E-state index in [-0.39, 0.29) is 12.5 Å². The Morgan fingerprint density at radius 3 is 1.13 bits per heavy atom. The number of allylic oxidation sites excluding steroid dienone is 15. The van der Waals surface area contributed by atoms with Crippen LogP contribution in [-0.4, -0.2) is 68.5 Å². The normalized spacial score (nSPS) is 14.3. The molecule has 0 aliphatic rings. The summed E-state index contributed by atoms with van der Waals surface area (Å²) in [5.41, 5.74) is 0. The fourth-order valence-electron chi connectivity index (χ4n) is 9.92. The Balaban J connectivity index is 4.10. The number of hydrogen-bond donors (Lipinski definition) is 2. The predicted octanol–water partition coefficient (Wildman–Crippen LogP) is 21.5. The summed E-state index contributed by atoms with van der Waals surface area (Å²) in [6.07, 6.45) is 91.0. The third kappa shape index (κ3) is 65.0. The highest BCUT2D eigenvalue weighted by Crippen LogP contribution is 2.38. The summed E-state index contributed by atoms with van der Waals surface area (Å²) in [5, 5.41) is 13.9.